The van der Waals surface area contributed by atoms with E-state index < -0.39 is 5.79 Å². The molecule has 0 aromatic heterocycles. The molecule has 1 unspecified atom stereocenters. The summed E-state index contributed by atoms with van der Waals surface area (Å²) >= 11 is 0. The predicted octanol–water partition coefficient (Wildman–Crippen LogP) is 4.71. The van der Waals surface area contributed by atoms with Gasteiger partial charge in [-0.3, -0.25) is 0 Å². The van der Waals surface area contributed by atoms with Gasteiger partial charge in [-0.05, 0) is 52.0 Å². The third kappa shape index (κ3) is 4.47. The quantitative estimate of drug-likeness (QED) is 0.512. The molecule has 1 aliphatic carbocycles. The summed E-state index contributed by atoms with van der Waals surface area (Å²) < 4.78 is 11.5. The molecule has 0 heterocycles. The van der Waals surface area contributed by atoms with E-state index in [1.165, 1.54) is 18.4 Å². The van der Waals surface area contributed by atoms with E-state index in [1.807, 2.05) is 20.8 Å². The Kier molecular flexibility index (Phi) is 5.82. The van der Waals surface area contributed by atoms with E-state index in [0.717, 1.165) is 0 Å². The molecular formula is C17H30O2. The Labute approximate surface area is 118 Å². The standard InChI is InChI=1S/C17H30O2/c1-7-18-17(6,19-8-2)13-11-15-14(3)10-9-12-16(15,4)5/h10-11,13,15H,7-9,12H2,1-6H3. The zero-order chi connectivity index (χ0) is 14.5. The van der Waals surface area contributed by atoms with Crippen molar-refractivity contribution in [3.8, 4) is 0 Å². The van der Waals surface area contributed by atoms with Crippen molar-refractivity contribution in [2.75, 3.05) is 13.2 Å². The van der Waals surface area contributed by atoms with Gasteiger partial charge in [0, 0.05) is 19.1 Å². The van der Waals surface area contributed by atoms with Gasteiger partial charge in [-0.15, -0.1) is 0 Å². The lowest BCUT2D eigenvalue weighted by molar-refractivity contribution is -0.186. The summed E-state index contributed by atoms with van der Waals surface area (Å²) in [6.45, 7) is 14.2. The largest absolute Gasteiger partial charge is 0.347 e. The Morgan fingerprint density at radius 1 is 1.32 bits per heavy atom. The van der Waals surface area contributed by atoms with Crippen molar-refractivity contribution in [1.82, 2.24) is 0 Å². The second-order valence-corrected chi connectivity index (χ2v) is 6.19. The van der Waals surface area contributed by atoms with Gasteiger partial charge in [-0.1, -0.05) is 31.6 Å². The van der Waals surface area contributed by atoms with Crippen LogP contribution in [0, 0.1) is 11.3 Å². The van der Waals surface area contributed by atoms with Crippen LogP contribution in [0.5, 0.6) is 0 Å². The van der Waals surface area contributed by atoms with Gasteiger partial charge in [0.25, 0.3) is 0 Å². The first-order chi connectivity index (χ1) is 8.84. The third-order valence-electron chi connectivity index (χ3n) is 4.04. The Morgan fingerprint density at radius 2 is 1.89 bits per heavy atom. The number of rotatable bonds is 6. The van der Waals surface area contributed by atoms with Crippen molar-refractivity contribution in [3.05, 3.63) is 23.8 Å². The fourth-order valence-corrected chi connectivity index (χ4v) is 2.97. The third-order valence-corrected chi connectivity index (χ3v) is 4.04. The molecule has 1 atom stereocenters. The van der Waals surface area contributed by atoms with Crippen LogP contribution in [0.3, 0.4) is 0 Å². The number of hydrogen-bond donors (Lipinski definition) is 0. The summed E-state index contributed by atoms with van der Waals surface area (Å²) in [6, 6.07) is 0. The first-order valence-corrected chi connectivity index (χ1v) is 7.48. The lowest BCUT2D eigenvalue weighted by Gasteiger charge is -2.37. The van der Waals surface area contributed by atoms with Gasteiger partial charge in [0.15, 0.2) is 5.79 Å². The second kappa shape index (κ2) is 6.71. The highest BCUT2D eigenvalue weighted by Gasteiger charge is 2.32. The molecule has 0 amide bonds. The van der Waals surface area contributed by atoms with Gasteiger partial charge in [-0.2, -0.15) is 0 Å². The SMILES string of the molecule is CCOC(C)(C=CC1C(C)=CCCC1(C)C)OCC. The lowest BCUT2D eigenvalue weighted by Crippen LogP contribution is -2.32. The Balaban J connectivity index is 2.87. The zero-order valence-electron chi connectivity index (χ0n) is 13.5. The number of hydrogen-bond acceptors (Lipinski definition) is 2. The summed E-state index contributed by atoms with van der Waals surface area (Å²) in [5, 5.41) is 0. The second-order valence-electron chi connectivity index (χ2n) is 6.19. The average molecular weight is 266 g/mol. The van der Waals surface area contributed by atoms with Crippen LogP contribution in [0.2, 0.25) is 0 Å². The van der Waals surface area contributed by atoms with E-state index >= 15 is 0 Å². The molecule has 110 valence electrons. The monoisotopic (exact) mass is 266 g/mol. The van der Waals surface area contributed by atoms with Crippen LogP contribution in [0.4, 0.5) is 0 Å². The molecule has 0 aromatic carbocycles. The summed E-state index contributed by atoms with van der Waals surface area (Å²) in [6.07, 6.45) is 9.15. The highest BCUT2D eigenvalue weighted by atomic mass is 16.7. The first kappa shape index (κ1) is 16.5. The molecule has 0 saturated heterocycles. The van der Waals surface area contributed by atoms with E-state index in [2.05, 4.69) is 39.0 Å². The van der Waals surface area contributed by atoms with E-state index in [0.29, 0.717) is 24.5 Å². The predicted molar refractivity (Wildman–Crippen MR) is 81.1 cm³/mol. The molecule has 2 heteroatoms. The van der Waals surface area contributed by atoms with Crippen LogP contribution < -0.4 is 0 Å². The fraction of sp³-hybridized carbons (Fsp3) is 0.765. The van der Waals surface area contributed by atoms with E-state index in [-0.39, 0.29) is 0 Å². The number of allylic oxidation sites excluding steroid dienone is 3. The van der Waals surface area contributed by atoms with Crippen LogP contribution in [-0.2, 0) is 9.47 Å². The van der Waals surface area contributed by atoms with Crippen molar-refractivity contribution < 1.29 is 9.47 Å². The maximum atomic E-state index is 5.74. The Hall–Kier alpha value is -0.600. The fourth-order valence-electron chi connectivity index (χ4n) is 2.97. The van der Waals surface area contributed by atoms with Gasteiger partial charge < -0.3 is 9.47 Å². The average Bonchev–Trinajstić information content (AvgIpc) is 2.28. The highest BCUT2D eigenvalue weighted by Crippen LogP contribution is 2.41. The Morgan fingerprint density at radius 3 is 2.37 bits per heavy atom. The van der Waals surface area contributed by atoms with Crippen LogP contribution in [-0.4, -0.2) is 19.0 Å². The normalized spacial score (nSPS) is 23.7. The highest BCUT2D eigenvalue weighted by molar-refractivity contribution is 5.19. The minimum absolute atomic E-state index is 0.314. The van der Waals surface area contributed by atoms with Gasteiger partial charge in [0.05, 0.1) is 0 Å². The molecule has 0 spiro atoms. The van der Waals surface area contributed by atoms with E-state index in [4.69, 9.17) is 9.47 Å². The van der Waals surface area contributed by atoms with Gasteiger partial charge >= 0.3 is 0 Å². The molecular weight excluding hydrogens is 236 g/mol. The molecule has 1 rings (SSSR count). The van der Waals surface area contributed by atoms with Crippen molar-refractivity contribution >= 4 is 0 Å². The van der Waals surface area contributed by atoms with E-state index in [9.17, 15) is 0 Å². The summed E-state index contributed by atoms with van der Waals surface area (Å²) in [5.74, 6) is -0.126. The molecule has 0 saturated carbocycles. The molecule has 0 aliphatic heterocycles. The lowest BCUT2D eigenvalue weighted by atomic mass is 9.68. The summed E-state index contributed by atoms with van der Waals surface area (Å²) in [4.78, 5) is 0. The molecule has 0 bridgehead atoms. The van der Waals surface area contributed by atoms with Crippen LogP contribution in [0.15, 0.2) is 23.8 Å². The minimum atomic E-state index is -0.600. The Bertz CT molecular complexity index is 333. The minimum Gasteiger partial charge on any atom is -0.347 e. The number of ether oxygens (including phenoxy) is 2. The maximum absolute atomic E-state index is 5.74. The molecule has 19 heavy (non-hydrogen) atoms. The van der Waals surface area contributed by atoms with Crippen LogP contribution in [0.25, 0.3) is 0 Å². The molecule has 2 nitrogen and oxygen atoms in total. The van der Waals surface area contributed by atoms with E-state index in [1.54, 1.807) is 0 Å². The van der Waals surface area contributed by atoms with Gasteiger partial charge in [0.1, 0.15) is 0 Å². The topological polar surface area (TPSA) is 18.5 Å². The van der Waals surface area contributed by atoms with Crippen molar-refractivity contribution in [1.29, 1.82) is 0 Å². The van der Waals surface area contributed by atoms with Crippen molar-refractivity contribution in [2.24, 2.45) is 11.3 Å². The van der Waals surface area contributed by atoms with Crippen LogP contribution in [0.1, 0.15) is 54.4 Å². The van der Waals surface area contributed by atoms with Gasteiger partial charge in [-0.25, -0.2) is 0 Å². The molecule has 1 aliphatic rings. The van der Waals surface area contributed by atoms with Crippen LogP contribution >= 0.6 is 0 Å². The van der Waals surface area contributed by atoms with Crippen molar-refractivity contribution in [3.63, 3.8) is 0 Å². The van der Waals surface area contributed by atoms with Gasteiger partial charge in [0.2, 0.25) is 0 Å². The maximum Gasteiger partial charge on any atom is 0.184 e. The smallest absolute Gasteiger partial charge is 0.184 e. The van der Waals surface area contributed by atoms with Crippen molar-refractivity contribution in [2.45, 2.75) is 60.2 Å². The molecule has 0 N–H and O–H groups in total. The zero-order valence-corrected chi connectivity index (χ0v) is 13.5. The molecule has 0 fully saturated rings. The summed E-state index contributed by atoms with van der Waals surface area (Å²) in [7, 11) is 0. The molecule has 0 radical (unpaired) electrons. The summed E-state index contributed by atoms with van der Waals surface area (Å²) in [5.41, 5.74) is 1.78. The first-order valence-electron chi connectivity index (χ1n) is 7.48. The molecule has 0 aromatic rings.